The maximum absolute atomic E-state index is 5.29. The molecule has 0 radical (unpaired) electrons. The molecule has 19 heavy (non-hydrogen) atoms. The summed E-state index contributed by atoms with van der Waals surface area (Å²) >= 11 is 3.51. The van der Waals surface area contributed by atoms with Gasteiger partial charge in [0.05, 0.1) is 13.2 Å². The number of nitrogens with zero attached hydrogens (tertiary/aromatic N) is 2. The zero-order chi connectivity index (χ0) is 13.8. The predicted molar refractivity (Wildman–Crippen MR) is 78.4 cm³/mol. The van der Waals surface area contributed by atoms with Crippen LogP contribution in [0.25, 0.3) is 0 Å². The van der Waals surface area contributed by atoms with Crippen molar-refractivity contribution in [2.24, 2.45) is 0 Å². The van der Waals surface area contributed by atoms with E-state index < -0.39 is 0 Å². The number of halogens is 1. The van der Waals surface area contributed by atoms with E-state index in [0.29, 0.717) is 5.88 Å². The summed E-state index contributed by atoms with van der Waals surface area (Å²) in [6.45, 7) is 2.08. The van der Waals surface area contributed by atoms with Crippen LogP contribution >= 0.6 is 15.9 Å². The molecule has 0 spiro atoms. The first-order valence-corrected chi connectivity index (χ1v) is 6.75. The Morgan fingerprint density at radius 1 is 1.26 bits per heavy atom. The number of hydrogen-bond acceptors (Lipinski definition) is 4. The molecule has 0 aliphatic heterocycles. The Balaban J connectivity index is 2.53. The Labute approximate surface area is 121 Å². The van der Waals surface area contributed by atoms with Crippen molar-refractivity contribution in [2.45, 2.75) is 13.0 Å². The molecule has 0 aliphatic rings. The van der Waals surface area contributed by atoms with E-state index >= 15 is 0 Å². The fourth-order valence-corrected chi connectivity index (χ4v) is 2.43. The normalized spacial score (nSPS) is 12.2. The van der Waals surface area contributed by atoms with E-state index in [1.807, 2.05) is 13.1 Å². The number of methoxy groups -OCH3 is 1. The van der Waals surface area contributed by atoms with E-state index in [1.54, 1.807) is 19.5 Å². The molecule has 0 bridgehead atoms. The molecule has 0 fully saturated rings. The predicted octanol–water partition coefficient (Wildman–Crippen LogP) is 2.86. The fraction of sp³-hybridized carbons (Fsp3) is 0.286. The highest BCUT2D eigenvalue weighted by Crippen LogP contribution is 2.29. The Kier molecular flexibility index (Phi) is 4.50. The van der Waals surface area contributed by atoms with Crippen LogP contribution in [0.15, 0.2) is 35.1 Å². The third kappa shape index (κ3) is 2.93. The third-order valence-corrected chi connectivity index (χ3v) is 3.49. The van der Waals surface area contributed by atoms with Gasteiger partial charge in [-0.15, -0.1) is 0 Å². The van der Waals surface area contributed by atoms with Crippen molar-refractivity contribution in [3.05, 3.63) is 51.9 Å². The Hall–Kier alpha value is -1.46. The number of hydrogen-bond donors (Lipinski definition) is 1. The van der Waals surface area contributed by atoms with Crippen LogP contribution in [0, 0.1) is 6.92 Å². The molecule has 1 aromatic carbocycles. The molecule has 1 heterocycles. The van der Waals surface area contributed by atoms with Gasteiger partial charge in [-0.1, -0.05) is 22.0 Å². The number of aryl methyl sites for hydroxylation is 1. The summed E-state index contributed by atoms with van der Waals surface area (Å²) < 4.78 is 6.33. The molecular weight excluding hydrogens is 306 g/mol. The molecule has 4 nitrogen and oxygen atoms in total. The average Bonchev–Trinajstić information content (AvgIpc) is 2.44. The smallest absolute Gasteiger partial charge is 0.237 e. The van der Waals surface area contributed by atoms with E-state index in [0.717, 1.165) is 15.7 Å². The molecule has 100 valence electrons. The molecule has 0 aliphatic carbocycles. The van der Waals surface area contributed by atoms with Crippen LogP contribution < -0.4 is 10.1 Å². The number of benzene rings is 1. The minimum atomic E-state index is -0.0545. The Morgan fingerprint density at radius 2 is 2.00 bits per heavy atom. The van der Waals surface area contributed by atoms with Gasteiger partial charge in [0, 0.05) is 16.9 Å². The molecule has 0 amide bonds. The van der Waals surface area contributed by atoms with Crippen molar-refractivity contribution in [1.29, 1.82) is 0 Å². The standard InChI is InChI=1S/C14H16BrN3O/c1-9-4-5-10(15)8-11(9)12(16-2)13-14(19-3)18-7-6-17-13/h4-8,12,16H,1-3H3. The molecule has 0 saturated heterocycles. The van der Waals surface area contributed by atoms with Gasteiger partial charge in [0.25, 0.3) is 0 Å². The number of ether oxygens (including phenoxy) is 1. The van der Waals surface area contributed by atoms with Crippen LogP contribution in [-0.2, 0) is 0 Å². The maximum Gasteiger partial charge on any atom is 0.237 e. The summed E-state index contributed by atoms with van der Waals surface area (Å²) in [5.41, 5.74) is 3.12. The molecule has 1 unspecified atom stereocenters. The van der Waals surface area contributed by atoms with Gasteiger partial charge < -0.3 is 10.1 Å². The molecule has 1 aromatic heterocycles. The first kappa shape index (κ1) is 14.0. The zero-order valence-corrected chi connectivity index (χ0v) is 12.7. The van der Waals surface area contributed by atoms with Gasteiger partial charge in [0.2, 0.25) is 5.88 Å². The minimum absolute atomic E-state index is 0.0545. The molecule has 0 saturated carbocycles. The molecule has 1 atom stereocenters. The summed E-state index contributed by atoms with van der Waals surface area (Å²) in [5, 5.41) is 3.27. The lowest BCUT2D eigenvalue weighted by atomic mass is 9.99. The zero-order valence-electron chi connectivity index (χ0n) is 11.1. The highest BCUT2D eigenvalue weighted by Gasteiger charge is 2.20. The summed E-state index contributed by atoms with van der Waals surface area (Å²) in [4.78, 5) is 8.61. The van der Waals surface area contributed by atoms with Gasteiger partial charge in [0.1, 0.15) is 5.69 Å². The van der Waals surface area contributed by atoms with E-state index in [9.17, 15) is 0 Å². The molecule has 2 rings (SSSR count). The largest absolute Gasteiger partial charge is 0.480 e. The van der Waals surface area contributed by atoms with Crippen LogP contribution in [0.3, 0.4) is 0 Å². The summed E-state index contributed by atoms with van der Waals surface area (Å²) in [5.74, 6) is 0.543. The number of aromatic nitrogens is 2. The number of rotatable bonds is 4. The van der Waals surface area contributed by atoms with Crippen LogP contribution in [0.1, 0.15) is 22.9 Å². The Morgan fingerprint density at radius 3 is 2.68 bits per heavy atom. The monoisotopic (exact) mass is 321 g/mol. The van der Waals surface area contributed by atoms with Crippen LogP contribution in [-0.4, -0.2) is 24.1 Å². The van der Waals surface area contributed by atoms with Crippen molar-refractivity contribution in [3.8, 4) is 5.88 Å². The maximum atomic E-state index is 5.29. The van der Waals surface area contributed by atoms with Gasteiger partial charge in [-0.25, -0.2) is 4.98 Å². The number of nitrogens with one attached hydrogen (secondary N) is 1. The van der Waals surface area contributed by atoms with Gasteiger partial charge in [-0.3, -0.25) is 4.98 Å². The quantitative estimate of drug-likeness (QED) is 0.940. The van der Waals surface area contributed by atoms with Gasteiger partial charge in [-0.05, 0) is 37.2 Å². The molecular formula is C14H16BrN3O. The van der Waals surface area contributed by atoms with E-state index in [1.165, 1.54) is 5.56 Å². The van der Waals surface area contributed by atoms with Gasteiger partial charge in [0.15, 0.2) is 0 Å². The van der Waals surface area contributed by atoms with Crippen molar-refractivity contribution in [2.75, 3.05) is 14.2 Å². The van der Waals surface area contributed by atoms with Crippen LogP contribution in [0.2, 0.25) is 0 Å². The minimum Gasteiger partial charge on any atom is -0.480 e. The average molecular weight is 322 g/mol. The highest BCUT2D eigenvalue weighted by atomic mass is 79.9. The first-order valence-electron chi connectivity index (χ1n) is 5.95. The fourth-order valence-electron chi connectivity index (χ4n) is 2.05. The first-order chi connectivity index (χ1) is 9.17. The lowest BCUT2D eigenvalue weighted by Gasteiger charge is -2.20. The molecule has 1 N–H and O–H groups in total. The van der Waals surface area contributed by atoms with Crippen molar-refractivity contribution >= 4 is 15.9 Å². The molecule has 5 heteroatoms. The summed E-state index contributed by atoms with van der Waals surface area (Å²) in [7, 11) is 3.51. The SMILES string of the molecule is CNC(c1cc(Br)ccc1C)c1nccnc1OC. The summed E-state index contributed by atoms with van der Waals surface area (Å²) in [6.07, 6.45) is 3.30. The van der Waals surface area contributed by atoms with E-state index in [4.69, 9.17) is 4.74 Å². The van der Waals surface area contributed by atoms with Gasteiger partial charge in [-0.2, -0.15) is 0 Å². The lowest BCUT2D eigenvalue weighted by molar-refractivity contribution is 0.384. The van der Waals surface area contributed by atoms with Crippen molar-refractivity contribution in [1.82, 2.24) is 15.3 Å². The van der Waals surface area contributed by atoms with E-state index in [2.05, 4.69) is 50.3 Å². The van der Waals surface area contributed by atoms with Gasteiger partial charge >= 0.3 is 0 Å². The van der Waals surface area contributed by atoms with Crippen LogP contribution in [0.5, 0.6) is 5.88 Å². The second-order valence-corrected chi connectivity index (χ2v) is 5.09. The van der Waals surface area contributed by atoms with Crippen LogP contribution in [0.4, 0.5) is 0 Å². The topological polar surface area (TPSA) is 47.0 Å². The van der Waals surface area contributed by atoms with Crippen molar-refractivity contribution < 1.29 is 4.74 Å². The molecule has 2 aromatic rings. The van der Waals surface area contributed by atoms with E-state index in [-0.39, 0.29) is 6.04 Å². The highest BCUT2D eigenvalue weighted by molar-refractivity contribution is 9.10. The third-order valence-electron chi connectivity index (χ3n) is 3.00. The second-order valence-electron chi connectivity index (χ2n) is 4.17. The van der Waals surface area contributed by atoms with Crippen molar-refractivity contribution in [3.63, 3.8) is 0 Å². The lowest BCUT2D eigenvalue weighted by Crippen LogP contribution is -2.21. The Bertz CT molecular complexity index is 574. The summed E-state index contributed by atoms with van der Waals surface area (Å²) in [6, 6.07) is 6.14. The second kappa shape index (κ2) is 6.12.